The third kappa shape index (κ3) is 1.89. The highest BCUT2D eigenvalue weighted by molar-refractivity contribution is 5.85. The topological polar surface area (TPSA) is 26.0 Å². The summed E-state index contributed by atoms with van der Waals surface area (Å²) in [6, 6.07) is 0.292. The van der Waals surface area contributed by atoms with E-state index in [0.717, 1.165) is 12.8 Å². The molecule has 0 amide bonds. The molecule has 1 saturated carbocycles. The lowest BCUT2D eigenvalue weighted by Crippen LogP contribution is -2.22. The zero-order valence-electron chi connectivity index (χ0n) is 5.34. The van der Waals surface area contributed by atoms with Crippen LogP contribution in [0.1, 0.15) is 19.3 Å². The third-order valence-corrected chi connectivity index (χ3v) is 1.78. The smallest absolute Gasteiger partial charge is 0.0351 e. The fourth-order valence-electron chi connectivity index (χ4n) is 1.20. The molecule has 1 fully saturated rings. The number of rotatable bonds is 0. The molecule has 0 aromatic rings. The van der Waals surface area contributed by atoms with E-state index in [4.69, 9.17) is 12.2 Å². The Morgan fingerprint density at radius 3 is 2.33 bits per heavy atom. The molecule has 0 bridgehead atoms. The second-order valence-electron chi connectivity index (χ2n) is 2.37. The predicted molar refractivity (Wildman–Crippen MR) is 41.4 cm³/mol. The summed E-state index contributed by atoms with van der Waals surface area (Å²) in [6.45, 7) is 0. The Balaban J connectivity index is 0.000000640. The number of halogens is 1. The van der Waals surface area contributed by atoms with Crippen molar-refractivity contribution in [1.82, 2.24) is 0 Å². The van der Waals surface area contributed by atoms with Crippen LogP contribution >= 0.6 is 12.4 Å². The van der Waals surface area contributed by atoms with Crippen molar-refractivity contribution in [2.45, 2.75) is 25.3 Å². The molecule has 2 heteroatoms. The highest BCUT2D eigenvalue weighted by atomic mass is 35.5. The molecule has 0 aliphatic heterocycles. The molecular weight excluding hydrogens is 134 g/mol. The van der Waals surface area contributed by atoms with E-state index in [0.29, 0.717) is 12.0 Å². The molecule has 0 unspecified atom stereocenters. The molecule has 0 radical (unpaired) electrons. The summed E-state index contributed by atoms with van der Waals surface area (Å²) >= 11 is 0. The molecule has 1 aliphatic carbocycles. The first-order valence-electron chi connectivity index (χ1n) is 3.06. The lowest BCUT2D eigenvalue weighted by molar-refractivity contribution is 0.600. The van der Waals surface area contributed by atoms with E-state index in [2.05, 4.69) is 5.92 Å². The summed E-state index contributed by atoms with van der Waals surface area (Å²) in [6.07, 6.45) is 8.67. The minimum Gasteiger partial charge on any atom is -0.327 e. The maximum absolute atomic E-state index is 5.65. The first-order chi connectivity index (χ1) is 3.84. The van der Waals surface area contributed by atoms with E-state index < -0.39 is 0 Å². The van der Waals surface area contributed by atoms with Gasteiger partial charge in [-0.1, -0.05) is 6.42 Å². The monoisotopic (exact) mass is 145 g/mol. The van der Waals surface area contributed by atoms with Gasteiger partial charge in [0.15, 0.2) is 0 Å². The standard InChI is InChI=1S/C7H11N.ClH/c1-2-6-4-3-5-7(6)8;/h1,6-7H,3-5,8H2;1H/t6-,7+;/m0./s1. The molecule has 0 aromatic carbocycles. The second-order valence-corrected chi connectivity index (χ2v) is 2.37. The summed E-state index contributed by atoms with van der Waals surface area (Å²) in [5, 5.41) is 0. The fourth-order valence-corrected chi connectivity index (χ4v) is 1.20. The van der Waals surface area contributed by atoms with Crippen LogP contribution in [0.15, 0.2) is 0 Å². The van der Waals surface area contributed by atoms with Gasteiger partial charge in [-0.15, -0.1) is 24.8 Å². The lowest BCUT2D eigenvalue weighted by Gasteiger charge is -2.04. The Morgan fingerprint density at radius 2 is 2.11 bits per heavy atom. The molecule has 0 heterocycles. The van der Waals surface area contributed by atoms with E-state index in [9.17, 15) is 0 Å². The van der Waals surface area contributed by atoms with Crippen LogP contribution in [0.25, 0.3) is 0 Å². The van der Waals surface area contributed by atoms with Crippen LogP contribution < -0.4 is 5.73 Å². The summed E-state index contributed by atoms with van der Waals surface area (Å²) in [5.41, 5.74) is 5.65. The van der Waals surface area contributed by atoms with E-state index >= 15 is 0 Å². The highest BCUT2D eigenvalue weighted by Crippen LogP contribution is 2.22. The Hall–Kier alpha value is -0.190. The maximum Gasteiger partial charge on any atom is 0.0351 e. The molecule has 0 spiro atoms. The third-order valence-electron chi connectivity index (χ3n) is 1.78. The van der Waals surface area contributed by atoms with E-state index in [1.54, 1.807) is 0 Å². The van der Waals surface area contributed by atoms with Crippen LogP contribution in [-0.2, 0) is 0 Å². The van der Waals surface area contributed by atoms with Crippen molar-refractivity contribution in [3.63, 3.8) is 0 Å². The van der Waals surface area contributed by atoms with Gasteiger partial charge in [-0.25, -0.2) is 0 Å². The zero-order valence-corrected chi connectivity index (χ0v) is 6.16. The average Bonchev–Trinajstić information content (AvgIpc) is 2.14. The number of nitrogens with two attached hydrogens (primary N) is 1. The van der Waals surface area contributed by atoms with Gasteiger partial charge in [0.2, 0.25) is 0 Å². The van der Waals surface area contributed by atoms with Crippen LogP contribution in [0.4, 0.5) is 0 Å². The molecule has 1 nitrogen and oxygen atoms in total. The second kappa shape index (κ2) is 3.76. The van der Waals surface area contributed by atoms with Crippen molar-refractivity contribution in [3.05, 3.63) is 0 Å². The van der Waals surface area contributed by atoms with Crippen LogP contribution in [0.3, 0.4) is 0 Å². The predicted octanol–water partition coefficient (Wildman–Crippen LogP) is 1.17. The first kappa shape index (κ1) is 8.81. The molecule has 1 aliphatic rings. The van der Waals surface area contributed by atoms with Gasteiger partial charge in [0.25, 0.3) is 0 Å². The van der Waals surface area contributed by atoms with E-state index in [1.165, 1.54) is 6.42 Å². The minimum atomic E-state index is 0. The van der Waals surface area contributed by atoms with Gasteiger partial charge in [0, 0.05) is 12.0 Å². The molecule has 2 atom stereocenters. The number of hydrogen-bond donors (Lipinski definition) is 1. The van der Waals surface area contributed by atoms with Gasteiger partial charge < -0.3 is 5.73 Å². The van der Waals surface area contributed by atoms with Gasteiger partial charge in [-0.05, 0) is 12.8 Å². The molecular formula is C7H12ClN. The summed E-state index contributed by atoms with van der Waals surface area (Å²) in [4.78, 5) is 0. The van der Waals surface area contributed by atoms with E-state index in [1.807, 2.05) is 0 Å². The Morgan fingerprint density at radius 1 is 1.44 bits per heavy atom. The summed E-state index contributed by atoms with van der Waals surface area (Å²) in [7, 11) is 0. The fraction of sp³-hybridized carbons (Fsp3) is 0.714. The SMILES string of the molecule is C#C[C@H]1CCC[C@H]1N.Cl. The van der Waals surface area contributed by atoms with Crippen molar-refractivity contribution in [3.8, 4) is 12.3 Å². The van der Waals surface area contributed by atoms with Gasteiger partial charge >= 0.3 is 0 Å². The van der Waals surface area contributed by atoms with Crippen LogP contribution in [-0.4, -0.2) is 6.04 Å². The van der Waals surface area contributed by atoms with Crippen LogP contribution in [0.2, 0.25) is 0 Å². The highest BCUT2D eigenvalue weighted by Gasteiger charge is 2.20. The summed E-state index contributed by atoms with van der Waals surface area (Å²) in [5.74, 6) is 3.06. The number of hydrogen-bond acceptors (Lipinski definition) is 1. The molecule has 2 N–H and O–H groups in total. The Labute approximate surface area is 62.4 Å². The Bertz CT molecular complexity index is 117. The largest absolute Gasteiger partial charge is 0.327 e. The average molecular weight is 146 g/mol. The van der Waals surface area contributed by atoms with Crippen molar-refractivity contribution in [1.29, 1.82) is 0 Å². The first-order valence-corrected chi connectivity index (χ1v) is 3.06. The van der Waals surface area contributed by atoms with Crippen molar-refractivity contribution in [2.75, 3.05) is 0 Å². The van der Waals surface area contributed by atoms with Crippen molar-refractivity contribution < 1.29 is 0 Å². The molecule has 9 heavy (non-hydrogen) atoms. The zero-order chi connectivity index (χ0) is 5.98. The van der Waals surface area contributed by atoms with Crippen molar-refractivity contribution >= 4 is 12.4 Å². The Kier molecular flexibility index (Phi) is 3.68. The van der Waals surface area contributed by atoms with Crippen LogP contribution in [0, 0.1) is 18.3 Å². The lowest BCUT2D eigenvalue weighted by atomic mass is 10.1. The van der Waals surface area contributed by atoms with Gasteiger partial charge in [0.05, 0.1) is 0 Å². The molecule has 52 valence electrons. The van der Waals surface area contributed by atoms with Crippen molar-refractivity contribution in [2.24, 2.45) is 11.7 Å². The minimum absolute atomic E-state index is 0. The quantitative estimate of drug-likeness (QED) is 0.509. The van der Waals surface area contributed by atoms with Crippen LogP contribution in [0.5, 0.6) is 0 Å². The number of terminal acetylenes is 1. The van der Waals surface area contributed by atoms with Gasteiger partial charge in [-0.3, -0.25) is 0 Å². The van der Waals surface area contributed by atoms with Gasteiger partial charge in [-0.2, -0.15) is 0 Å². The normalized spacial score (nSPS) is 32.9. The molecule has 0 aromatic heterocycles. The summed E-state index contributed by atoms with van der Waals surface area (Å²) < 4.78 is 0. The van der Waals surface area contributed by atoms with E-state index in [-0.39, 0.29) is 12.4 Å². The molecule has 0 saturated heterocycles. The maximum atomic E-state index is 5.65. The molecule has 1 rings (SSSR count). The van der Waals surface area contributed by atoms with Gasteiger partial charge in [0.1, 0.15) is 0 Å².